The minimum absolute atomic E-state index is 0.252. The minimum Gasteiger partial charge on any atom is -0.469 e. The number of esters is 1. The number of allylic oxidation sites excluding steroid dienone is 2. The Morgan fingerprint density at radius 2 is 1.74 bits per heavy atom. The lowest BCUT2D eigenvalue weighted by Gasteiger charge is -2.27. The van der Waals surface area contributed by atoms with Crippen molar-refractivity contribution in [1.82, 2.24) is 0 Å². The van der Waals surface area contributed by atoms with Crippen molar-refractivity contribution in [1.29, 1.82) is 0 Å². The molecule has 6 heteroatoms. The predicted octanol–water partition coefficient (Wildman–Crippen LogP) is 4.11. The molecule has 1 rings (SSSR count). The van der Waals surface area contributed by atoms with Crippen molar-refractivity contribution in [2.75, 3.05) is 58.3 Å². The van der Waals surface area contributed by atoms with Crippen molar-refractivity contribution in [3.63, 3.8) is 0 Å². The van der Waals surface area contributed by atoms with E-state index in [1.54, 1.807) is 5.57 Å². The highest BCUT2D eigenvalue weighted by Crippen LogP contribution is 2.33. The van der Waals surface area contributed by atoms with Crippen molar-refractivity contribution >= 4 is 17.7 Å². The lowest BCUT2D eigenvalue weighted by Crippen LogP contribution is -2.16. The lowest BCUT2D eigenvalue weighted by atomic mass is 9.81. The quantitative estimate of drug-likeness (QED) is 0.220. The number of carbonyl (C=O) groups is 1. The molecule has 0 N–H and O–H groups in total. The summed E-state index contributed by atoms with van der Waals surface area (Å²) in [5.41, 5.74) is 1.65. The molecular formula is C21H38O5S. The molecule has 1 aliphatic rings. The zero-order chi connectivity index (χ0) is 19.7. The summed E-state index contributed by atoms with van der Waals surface area (Å²) < 4.78 is 20.9. The normalized spacial score (nSPS) is 19.7. The Bertz CT molecular complexity index is 413. The van der Waals surface area contributed by atoms with E-state index < -0.39 is 0 Å². The first-order valence-corrected chi connectivity index (χ1v) is 11.4. The van der Waals surface area contributed by atoms with Crippen LogP contribution >= 0.6 is 11.8 Å². The van der Waals surface area contributed by atoms with E-state index >= 15 is 0 Å². The summed E-state index contributed by atoms with van der Waals surface area (Å²) in [4.78, 5) is 10.9. The van der Waals surface area contributed by atoms with E-state index in [2.05, 4.69) is 24.7 Å². The summed E-state index contributed by atoms with van der Waals surface area (Å²) >= 11 is 2.00. The van der Waals surface area contributed by atoms with E-state index in [9.17, 15) is 4.79 Å². The number of hydrogen-bond donors (Lipinski definition) is 0. The number of ether oxygens (including phenoxy) is 4. The maximum Gasteiger partial charge on any atom is 0.307 e. The van der Waals surface area contributed by atoms with Gasteiger partial charge in [0.25, 0.3) is 0 Å². The molecular weight excluding hydrogens is 364 g/mol. The summed E-state index contributed by atoms with van der Waals surface area (Å²) in [6, 6.07) is 0. The van der Waals surface area contributed by atoms with Crippen LogP contribution in [0.4, 0.5) is 0 Å². The molecule has 0 amide bonds. The number of hydrogen-bond acceptors (Lipinski definition) is 6. The Hall–Kier alpha value is -0.560. The van der Waals surface area contributed by atoms with Gasteiger partial charge in [-0.05, 0) is 36.9 Å². The van der Waals surface area contributed by atoms with Crippen LogP contribution < -0.4 is 0 Å². The molecule has 158 valence electrons. The van der Waals surface area contributed by atoms with E-state index in [1.165, 1.54) is 38.5 Å². The van der Waals surface area contributed by atoms with Gasteiger partial charge in [0.2, 0.25) is 0 Å². The molecule has 0 aromatic rings. The molecule has 0 saturated carbocycles. The van der Waals surface area contributed by atoms with Crippen molar-refractivity contribution < 1.29 is 23.7 Å². The molecule has 0 saturated heterocycles. The third kappa shape index (κ3) is 12.5. The van der Waals surface area contributed by atoms with Gasteiger partial charge in [-0.3, -0.25) is 4.79 Å². The van der Waals surface area contributed by atoms with E-state index in [0.29, 0.717) is 33.0 Å². The molecule has 0 unspecified atom stereocenters. The molecule has 0 bridgehead atoms. The zero-order valence-corrected chi connectivity index (χ0v) is 18.2. The number of rotatable bonds is 16. The topological polar surface area (TPSA) is 54.0 Å². The van der Waals surface area contributed by atoms with Gasteiger partial charge in [0.1, 0.15) is 0 Å². The lowest BCUT2D eigenvalue weighted by molar-refractivity contribution is -0.141. The van der Waals surface area contributed by atoms with Crippen LogP contribution in [0, 0.1) is 11.8 Å². The first kappa shape index (κ1) is 24.5. The van der Waals surface area contributed by atoms with Gasteiger partial charge in [-0.1, -0.05) is 31.9 Å². The van der Waals surface area contributed by atoms with Crippen molar-refractivity contribution in [3.05, 3.63) is 11.6 Å². The fraction of sp³-hybridized carbons (Fsp3) is 0.857. The first-order valence-electron chi connectivity index (χ1n) is 10.3. The van der Waals surface area contributed by atoms with E-state index in [1.807, 2.05) is 11.8 Å². The van der Waals surface area contributed by atoms with Crippen LogP contribution in [0.3, 0.4) is 0 Å². The Balaban J connectivity index is 1.88. The average Bonchev–Trinajstić information content (AvgIpc) is 2.70. The largest absolute Gasteiger partial charge is 0.469 e. The van der Waals surface area contributed by atoms with Gasteiger partial charge in [-0.15, -0.1) is 0 Å². The molecule has 0 fully saturated rings. The summed E-state index contributed by atoms with van der Waals surface area (Å²) in [6.07, 6.45) is 7.99. The Labute approximate surface area is 169 Å². The second kappa shape index (κ2) is 16.4. The molecule has 0 spiro atoms. The van der Waals surface area contributed by atoms with Gasteiger partial charge in [-0.25, -0.2) is 0 Å². The van der Waals surface area contributed by atoms with Gasteiger partial charge < -0.3 is 18.9 Å². The highest BCUT2D eigenvalue weighted by Gasteiger charge is 2.20. The van der Waals surface area contributed by atoms with Crippen LogP contribution in [0.5, 0.6) is 0 Å². The summed E-state index contributed by atoms with van der Waals surface area (Å²) in [5.74, 6) is 3.62. The molecule has 1 aliphatic carbocycles. The monoisotopic (exact) mass is 402 g/mol. The molecule has 2 atom stereocenters. The summed E-state index contributed by atoms with van der Waals surface area (Å²) in [6.45, 7) is 7.94. The molecule has 0 aromatic carbocycles. The molecule has 0 radical (unpaired) electrons. The number of methoxy groups -OCH3 is 1. The van der Waals surface area contributed by atoms with E-state index in [4.69, 9.17) is 14.2 Å². The second-order valence-corrected chi connectivity index (χ2v) is 8.04. The van der Waals surface area contributed by atoms with Crippen LogP contribution in [-0.4, -0.2) is 64.2 Å². The van der Waals surface area contributed by atoms with Gasteiger partial charge in [0.15, 0.2) is 0 Å². The second-order valence-electron chi connectivity index (χ2n) is 6.89. The van der Waals surface area contributed by atoms with Crippen LogP contribution in [0.2, 0.25) is 0 Å². The standard InChI is InChI=1S/C21H38O5S/c1-4-18-14-19(5-2)16-20(15-18)17-27-13-12-26-11-10-25-9-8-24-7-6-21(22)23-3/h15,19-20H,4-14,16-17H2,1-3H3/t19-,20+/m0/s1. The van der Waals surface area contributed by atoms with Gasteiger partial charge in [-0.2, -0.15) is 11.8 Å². The third-order valence-corrected chi connectivity index (χ3v) is 5.94. The maximum absolute atomic E-state index is 10.9. The Morgan fingerprint density at radius 3 is 2.37 bits per heavy atom. The van der Waals surface area contributed by atoms with Crippen molar-refractivity contribution in [2.24, 2.45) is 11.8 Å². The fourth-order valence-corrected chi connectivity index (χ4v) is 4.13. The molecule has 0 aromatic heterocycles. The Morgan fingerprint density at radius 1 is 1.07 bits per heavy atom. The van der Waals surface area contributed by atoms with Crippen LogP contribution in [0.1, 0.15) is 46.0 Å². The highest BCUT2D eigenvalue weighted by molar-refractivity contribution is 7.99. The predicted molar refractivity (Wildman–Crippen MR) is 111 cm³/mol. The summed E-state index contributed by atoms with van der Waals surface area (Å²) in [7, 11) is 1.38. The van der Waals surface area contributed by atoms with Gasteiger partial charge in [0, 0.05) is 5.75 Å². The smallest absolute Gasteiger partial charge is 0.307 e. The number of thioether (sulfide) groups is 1. The molecule has 0 aliphatic heterocycles. The molecule has 27 heavy (non-hydrogen) atoms. The minimum atomic E-state index is -0.252. The van der Waals surface area contributed by atoms with E-state index in [-0.39, 0.29) is 12.4 Å². The number of carbonyl (C=O) groups excluding carboxylic acids is 1. The highest BCUT2D eigenvalue weighted by atomic mass is 32.2. The van der Waals surface area contributed by atoms with Crippen LogP contribution in [0.25, 0.3) is 0 Å². The van der Waals surface area contributed by atoms with Gasteiger partial charge >= 0.3 is 5.97 Å². The fourth-order valence-electron chi connectivity index (χ4n) is 3.19. The van der Waals surface area contributed by atoms with Crippen molar-refractivity contribution in [2.45, 2.75) is 46.0 Å². The summed E-state index contributed by atoms with van der Waals surface area (Å²) in [5, 5.41) is 0. The van der Waals surface area contributed by atoms with Crippen LogP contribution in [0.15, 0.2) is 11.6 Å². The molecule has 0 heterocycles. The SMILES string of the molecule is CCC1=C[C@@H](CSCCOCCOCCOCCC(=O)OC)C[C@@H](CC)C1. The first-order chi connectivity index (χ1) is 13.2. The van der Waals surface area contributed by atoms with E-state index in [0.717, 1.165) is 24.2 Å². The van der Waals surface area contributed by atoms with Gasteiger partial charge in [0.05, 0.1) is 53.2 Å². The average molecular weight is 403 g/mol. The van der Waals surface area contributed by atoms with Crippen LogP contribution in [-0.2, 0) is 23.7 Å². The zero-order valence-electron chi connectivity index (χ0n) is 17.4. The Kier molecular flexibility index (Phi) is 14.9. The van der Waals surface area contributed by atoms with Crippen molar-refractivity contribution in [3.8, 4) is 0 Å². The maximum atomic E-state index is 10.9. The third-order valence-electron chi connectivity index (χ3n) is 4.82. The molecule has 5 nitrogen and oxygen atoms in total.